The predicted molar refractivity (Wildman–Crippen MR) is 107 cm³/mol. The molecule has 1 unspecified atom stereocenters. The number of rotatable bonds is 5. The lowest BCUT2D eigenvalue weighted by atomic mass is 10.1. The highest BCUT2D eigenvalue weighted by atomic mass is 35.5. The Morgan fingerprint density at radius 3 is 2.48 bits per heavy atom. The first kappa shape index (κ1) is 19.5. The highest BCUT2D eigenvalue weighted by molar-refractivity contribution is 6.40. The van der Waals surface area contributed by atoms with Gasteiger partial charge in [-0.05, 0) is 24.6 Å². The molecule has 2 N–H and O–H groups in total. The molecule has 27 heavy (non-hydrogen) atoms. The number of aromatic amines is 1. The van der Waals surface area contributed by atoms with Crippen molar-refractivity contribution < 1.29 is 4.79 Å². The molecule has 0 spiro atoms. The third-order valence-corrected chi connectivity index (χ3v) is 4.91. The van der Waals surface area contributed by atoms with Crippen LogP contribution >= 0.6 is 34.8 Å². The highest BCUT2D eigenvalue weighted by Gasteiger charge is 2.23. The molecule has 2 heterocycles. The molecule has 0 fully saturated rings. The highest BCUT2D eigenvalue weighted by Crippen LogP contribution is 2.32. The van der Waals surface area contributed by atoms with Gasteiger partial charge in [0.25, 0.3) is 5.56 Å². The van der Waals surface area contributed by atoms with E-state index in [1.807, 2.05) is 6.92 Å². The third-order valence-electron chi connectivity index (χ3n) is 4.11. The molecule has 0 aliphatic carbocycles. The molecule has 2 aromatic heterocycles. The van der Waals surface area contributed by atoms with Crippen molar-refractivity contribution in [2.45, 2.75) is 20.3 Å². The molecule has 1 amide bonds. The lowest BCUT2D eigenvalue weighted by Gasteiger charge is -2.10. The fraction of sp³-hybridized carbons (Fsp3) is 0.235. The summed E-state index contributed by atoms with van der Waals surface area (Å²) in [7, 11) is 0. The van der Waals surface area contributed by atoms with Crippen LogP contribution in [0.5, 0.6) is 0 Å². The van der Waals surface area contributed by atoms with Gasteiger partial charge in [-0.1, -0.05) is 48.7 Å². The largest absolute Gasteiger partial charge is 0.309 e. The zero-order chi connectivity index (χ0) is 19.7. The minimum Gasteiger partial charge on any atom is -0.309 e. The first-order valence-corrected chi connectivity index (χ1v) is 9.27. The van der Waals surface area contributed by atoms with Crippen molar-refractivity contribution in [3.8, 4) is 11.4 Å². The Balaban J connectivity index is 2.20. The van der Waals surface area contributed by atoms with Gasteiger partial charge in [0, 0.05) is 23.3 Å². The van der Waals surface area contributed by atoms with Crippen molar-refractivity contribution in [3.05, 3.63) is 56.0 Å². The minimum absolute atomic E-state index is 0.138. The van der Waals surface area contributed by atoms with Crippen LogP contribution < -0.4 is 10.9 Å². The summed E-state index contributed by atoms with van der Waals surface area (Å²) in [5.41, 5.74) is -0.117. The zero-order valence-electron chi connectivity index (χ0n) is 14.5. The molecule has 3 aromatic rings. The maximum absolute atomic E-state index is 13.1. The number of carbonyl (C=O) groups excluding carboxylic acids is 1. The third kappa shape index (κ3) is 3.76. The summed E-state index contributed by atoms with van der Waals surface area (Å²) < 4.78 is 2.52. The average molecular weight is 429 g/mol. The van der Waals surface area contributed by atoms with Crippen LogP contribution in [-0.4, -0.2) is 25.5 Å². The van der Waals surface area contributed by atoms with Crippen LogP contribution in [0.2, 0.25) is 15.1 Å². The number of nitrogens with zero attached hydrogens (tertiary/aromatic N) is 3. The molecule has 142 valence electrons. The van der Waals surface area contributed by atoms with Gasteiger partial charge in [-0.25, -0.2) is 9.36 Å². The Labute approximate surface area is 169 Å². The molecule has 1 atom stereocenters. The van der Waals surface area contributed by atoms with Crippen LogP contribution in [0.25, 0.3) is 11.4 Å². The van der Waals surface area contributed by atoms with Gasteiger partial charge >= 0.3 is 0 Å². The Bertz CT molecular complexity index is 1020. The van der Waals surface area contributed by atoms with Gasteiger partial charge in [0.05, 0.1) is 10.0 Å². The number of amides is 1. The molecule has 3 rings (SSSR count). The summed E-state index contributed by atoms with van der Waals surface area (Å²) in [4.78, 5) is 25.4. The van der Waals surface area contributed by atoms with Crippen LogP contribution in [0.4, 0.5) is 5.82 Å². The average Bonchev–Trinajstić information content (AvgIpc) is 3.22. The summed E-state index contributed by atoms with van der Waals surface area (Å²) in [5, 5.41) is 10.4. The second-order valence-electron chi connectivity index (χ2n) is 5.94. The number of halogens is 3. The molecular formula is C17H16Cl3N5O2. The number of carbonyl (C=O) groups is 1. The number of anilines is 1. The molecule has 0 aliphatic rings. The summed E-state index contributed by atoms with van der Waals surface area (Å²) in [6.45, 7) is 3.70. The Morgan fingerprint density at radius 2 is 1.93 bits per heavy atom. The number of aromatic nitrogens is 4. The minimum atomic E-state index is -0.482. The quantitative estimate of drug-likeness (QED) is 0.635. The number of benzene rings is 1. The summed E-state index contributed by atoms with van der Waals surface area (Å²) in [5.74, 6) is -0.270. The Kier molecular flexibility index (Phi) is 5.64. The van der Waals surface area contributed by atoms with E-state index in [1.54, 1.807) is 19.2 Å². The van der Waals surface area contributed by atoms with Crippen LogP contribution in [0.15, 0.2) is 35.4 Å². The molecular weight excluding hydrogens is 413 g/mol. The summed E-state index contributed by atoms with van der Waals surface area (Å²) >= 11 is 18.4. The maximum Gasteiger partial charge on any atom is 0.299 e. The van der Waals surface area contributed by atoms with Gasteiger partial charge in [-0.15, -0.1) is 0 Å². The van der Waals surface area contributed by atoms with E-state index in [-0.39, 0.29) is 39.1 Å². The molecule has 1 aromatic carbocycles. The predicted octanol–water partition coefficient (Wildman–Crippen LogP) is 4.30. The fourth-order valence-electron chi connectivity index (χ4n) is 2.47. The van der Waals surface area contributed by atoms with Gasteiger partial charge in [0.2, 0.25) is 5.91 Å². The molecule has 0 saturated heterocycles. The van der Waals surface area contributed by atoms with Crippen molar-refractivity contribution in [1.82, 2.24) is 19.6 Å². The van der Waals surface area contributed by atoms with Crippen molar-refractivity contribution >= 4 is 46.5 Å². The first-order chi connectivity index (χ1) is 12.8. The van der Waals surface area contributed by atoms with Crippen LogP contribution in [-0.2, 0) is 4.79 Å². The van der Waals surface area contributed by atoms with E-state index in [2.05, 4.69) is 15.5 Å². The van der Waals surface area contributed by atoms with Crippen molar-refractivity contribution in [2.75, 3.05) is 5.32 Å². The lowest BCUT2D eigenvalue weighted by Crippen LogP contribution is -2.21. The second kappa shape index (κ2) is 7.80. The van der Waals surface area contributed by atoms with Gasteiger partial charge in [0.15, 0.2) is 11.5 Å². The maximum atomic E-state index is 13.1. The molecule has 0 radical (unpaired) electrons. The molecule has 7 nitrogen and oxygen atoms in total. The summed E-state index contributed by atoms with van der Waals surface area (Å²) in [6, 6.07) is 4.62. The zero-order valence-corrected chi connectivity index (χ0v) is 16.7. The van der Waals surface area contributed by atoms with E-state index in [9.17, 15) is 9.59 Å². The SMILES string of the molecule is CCC(C)C(=O)Nc1[nH]n(-c2c(Cl)cc(Cl)cc2Cl)c(=O)c1-n1cccn1. The number of hydrogen-bond donors (Lipinski definition) is 2. The Hall–Kier alpha value is -2.22. The van der Waals surface area contributed by atoms with Crippen LogP contribution in [0.1, 0.15) is 20.3 Å². The monoisotopic (exact) mass is 427 g/mol. The van der Waals surface area contributed by atoms with E-state index in [0.29, 0.717) is 11.4 Å². The van der Waals surface area contributed by atoms with Gasteiger partial charge in [-0.2, -0.15) is 5.10 Å². The lowest BCUT2D eigenvalue weighted by molar-refractivity contribution is -0.119. The van der Waals surface area contributed by atoms with Gasteiger partial charge in [0.1, 0.15) is 5.69 Å². The molecule has 0 aliphatic heterocycles. The van der Waals surface area contributed by atoms with Crippen LogP contribution in [0.3, 0.4) is 0 Å². The van der Waals surface area contributed by atoms with Crippen molar-refractivity contribution in [3.63, 3.8) is 0 Å². The second-order valence-corrected chi connectivity index (χ2v) is 7.19. The van der Waals surface area contributed by atoms with E-state index >= 15 is 0 Å². The molecule has 10 heteroatoms. The first-order valence-electron chi connectivity index (χ1n) is 8.14. The number of H-pyrrole nitrogens is 1. The standard InChI is InChI=1S/C17H16Cl3N5O2/c1-3-9(2)16(26)22-15-14(24-6-4-5-21-24)17(27)25(23-15)13-11(19)7-10(18)8-12(13)20/h4-9,23H,3H2,1-2H3,(H,22,26). The fourth-order valence-corrected chi connectivity index (χ4v) is 3.45. The van der Waals surface area contributed by atoms with E-state index in [4.69, 9.17) is 34.8 Å². The molecule has 0 saturated carbocycles. The Morgan fingerprint density at radius 1 is 1.26 bits per heavy atom. The van der Waals surface area contributed by atoms with Gasteiger partial charge < -0.3 is 5.32 Å². The van der Waals surface area contributed by atoms with E-state index in [0.717, 1.165) is 4.68 Å². The molecule has 0 bridgehead atoms. The van der Waals surface area contributed by atoms with Crippen LogP contribution in [0, 0.1) is 5.92 Å². The van der Waals surface area contributed by atoms with Gasteiger partial charge in [-0.3, -0.25) is 14.7 Å². The smallest absolute Gasteiger partial charge is 0.299 e. The van der Waals surface area contributed by atoms with E-state index in [1.165, 1.54) is 23.0 Å². The van der Waals surface area contributed by atoms with Crippen molar-refractivity contribution in [2.24, 2.45) is 5.92 Å². The van der Waals surface area contributed by atoms with E-state index < -0.39 is 5.56 Å². The normalized spacial score (nSPS) is 12.2. The number of nitrogens with one attached hydrogen (secondary N) is 2. The topological polar surface area (TPSA) is 84.7 Å². The van der Waals surface area contributed by atoms with Crippen molar-refractivity contribution in [1.29, 1.82) is 0 Å². The number of hydrogen-bond acceptors (Lipinski definition) is 3. The summed E-state index contributed by atoms with van der Waals surface area (Å²) in [6.07, 6.45) is 3.78.